The minimum Gasteiger partial charge on any atom is -0.397 e. The van der Waals surface area contributed by atoms with Crippen LogP contribution in [0.2, 0.25) is 0 Å². The van der Waals surface area contributed by atoms with Gasteiger partial charge in [0.1, 0.15) is 17.5 Å². The summed E-state index contributed by atoms with van der Waals surface area (Å²) in [6.07, 6.45) is 5.21. The molecule has 0 saturated carbocycles. The highest BCUT2D eigenvalue weighted by Gasteiger charge is 2.13. The van der Waals surface area contributed by atoms with Crippen molar-refractivity contribution in [1.82, 2.24) is 19.6 Å². The molecule has 0 aliphatic heterocycles. The maximum absolute atomic E-state index is 6.09. The summed E-state index contributed by atoms with van der Waals surface area (Å²) in [5, 5.41) is 5.54. The first-order valence-electron chi connectivity index (χ1n) is 5.18. The smallest absolute Gasteiger partial charge is 0.117 e. The summed E-state index contributed by atoms with van der Waals surface area (Å²) in [6.45, 7) is 3.95. The standard InChI is InChI=1S/C11H11N5S/c1-6-10(12)8-3-13-5-16(8)15-11(6)9-4-14-7(2)17-9/h3-5H,12H2,1-2H3. The minimum absolute atomic E-state index is 0.721. The Bertz CT molecular complexity index is 697. The zero-order valence-corrected chi connectivity index (χ0v) is 10.3. The molecule has 0 aromatic carbocycles. The van der Waals surface area contributed by atoms with Crippen LogP contribution < -0.4 is 5.73 Å². The Labute approximate surface area is 102 Å². The largest absolute Gasteiger partial charge is 0.397 e. The van der Waals surface area contributed by atoms with Gasteiger partial charge in [0.05, 0.1) is 21.8 Å². The fourth-order valence-electron chi connectivity index (χ4n) is 1.77. The first-order chi connectivity index (χ1) is 8.16. The lowest BCUT2D eigenvalue weighted by molar-refractivity contribution is 0.928. The number of nitrogen functional groups attached to an aromatic ring is 1. The van der Waals surface area contributed by atoms with Crippen LogP contribution in [0.4, 0.5) is 5.69 Å². The topological polar surface area (TPSA) is 69.1 Å². The number of thiazole rings is 1. The van der Waals surface area contributed by atoms with Crippen LogP contribution in [-0.2, 0) is 0 Å². The van der Waals surface area contributed by atoms with E-state index in [1.165, 1.54) is 0 Å². The maximum atomic E-state index is 6.09. The van der Waals surface area contributed by atoms with Crippen LogP contribution in [0.5, 0.6) is 0 Å². The number of imidazole rings is 1. The number of aromatic nitrogens is 4. The third kappa shape index (κ3) is 1.49. The van der Waals surface area contributed by atoms with E-state index in [1.807, 2.05) is 20.0 Å². The van der Waals surface area contributed by atoms with Gasteiger partial charge in [0.2, 0.25) is 0 Å². The van der Waals surface area contributed by atoms with Crippen LogP contribution in [0, 0.1) is 13.8 Å². The molecule has 0 radical (unpaired) electrons. The Kier molecular flexibility index (Phi) is 2.12. The second kappa shape index (κ2) is 3.53. The Balaban J connectivity index is 2.32. The molecular weight excluding hydrogens is 234 g/mol. The van der Waals surface area contributed by atoms with Gasteiger partial charge in [0.15, 0.2) is 0 Å². The second-order valence-corrected chi connectivity index (χ2v) is 5.09. The molecule has 3 rings (SSSR count). The van der Waals surface area contributed by atoms with Crippen LogP contribution in [0.1, 0.15) is 10.6 Å². The van der Waals surface area contributed by atoms with Crippen molar-refractivity contribution in [3.05, 3.63) is 29.3 Å². The van der Waals surface area contributed by atoms with Crippen molar-refractivity contribution in [2.24, 2.45) is 0 Å². The number of fused-ring (bicyclic) bond motifs is 1. The maximum Gasteiger partial charge on any atom is 0.117 e. The summed E-state index contributed by atoms with van der Waals surface area (Å²) in [7, 11) is 0. The first-order valence-corrected chi connectivity index (χ1v) is 5.99. The molecular formula is C11H11N5S. The molecule has 0 bridgehead atoms. The average molecular weight is 245 g/mol. The van der Waals surface area contributed by atoms with E-state index < -0.39 is 0 Å². The van der Waals surface area contributed by atoms with E-state index in [-0.39, 0.29) is 0 Å². The number of anilines is 1. The highest BCUT2D eigenvalue weighted by atomic mass is 32.1. The number of hydrogen-bond acceptors (Lipinski definition) is 5. The van der Waals surface area contributed by atoms with Crippen LogP contribution in [0.15, 0.2) is 18.7 Å². The molecule has 0 amide bonds. The van der Waals surface area contributed by atoms with Gasteiger partial charge in [-0.3, -0.25) is 0 Å². The van der Waals surface area contributed by atoms with Gasteiger partial charge in [-0.25, -0.2) is 14.5 Å². The lowest BCUT2D eigenvalue weighted by atomic mass is 10.1. The summed E-state index contributed by atoms with van der Waals surface area (Å²) in [5.41, 5.74) is 9.50. The number of nitrogens with two attached hydrogens (primary N) is 1. The number of nitrogens with zero attached hydrogens (tertiary/aromatic N) is 4. The lowest BCUT2D eigenvalue weighted by Gasteiger charge is -2.07. The fraction of sp³-hybridized carbons (Fsp3) is 0.182. The van der Waals surface area contributed by atoms with E-state index >= 15 is 0 Å². The van der Waals surface area contributed by atoms with E-state index in [9.17, 15) is 0 Å². The molecule has 0 aliphatic rings. The SMILES string of the molecule is Cc1ncc(-c2nn3cncc3c(N)c2C)s1. The molecule has 86 valence electrons. The molecule has 6 heteroatoms. The molecule has 3 aromatic rings. The van der Waals surface area contributed by atoms with Gasteiger partial charge in [-0.1, -0.05) is 0 Å². The quantitative estimate of drug-likeness (QED) is 0.712. The Morgan fingerprint density at radius 2 is 2.12 bits per heavy atom. The summed E-state index contributed by atoms with van der Waals surface area (Å²) in [4.78, 5) is 9.33. The van der Waals surface area contributed by atoms with Crippen molar-refractivity contribution in [3.8, 4) is 10.6 Å². The van der Waals surface area contributed by atoms with Crippen molar-refractivity contribution in [2.75, 3.05) is 5.73 Å². The lowest BCUT2D eigenvalue weighted by Crippen LogP contribution is -2.01. The van der Waals surface area contributed by atoms with Gasteiger partial charge in [-0.05, 0) is 13.8 Å². The fourth-order valence-corrected chi connectivity index (χ4v) is 2.59. The van der Waals surface area contributed by atoms with E-state index in [0.717, 1.165) is 32.3 Å². The molecule has 3 heterocycles. The molecule has 3 aromatic heterocycles. The number of hydrogen-bond donors (Lipinski definition) is 1. The van der Waals surface area contributed by atoms with Crippen molar-refractivity contribution in [2.45, 2.75) is 13.8 Å². The monoisotopic (exact) mass is 245 g/mol. The predicted octanol–water partition coefficient (Wildman–Crippen LogP) is 2.05. The zero-order chi connectivity index (χ0) is 12.0. The summed E-state index contributed by atoms with van der Waals surface area (Å²) in [5.74, 6) is 0. The summed E-state index contributed by atoms with van der Waals surface area (Å²) in [6, 6.07) is 0. The molecule has 5 nitrogen and oxygen atoms in total. The van der Waals surface area contributed by atoms with Gasteiger partial charge in [-0.2, -0.15) is 5.10 Å². The molecule has 0 saturated heterocycles. The molecule has 17 heavy (non-hydrogen) atoms. The Morgan fingerprint density at radius 3 is 2.82 bits per heavy atom. The molecule has 0 atom stereocenters. The highest BCUT2D eigenvalue weighted by molar-refractivity contribution is 7.15. The van der Waals surface area contributed by atoms with Crippen molar-refractivity contribution in [3.63, 3.8) is 0 Å². The van der Waals surface area contributed by atoms with Gasteiger partial charge in [0, 0.05) is 11.8 Å². The summed E-state index contributed by atoms with van der Waals surface area (Å²) < 4.78 is 1.70. The third-order valence-electron chi connectivity index (χ3n) is 2.72. The Morgan fingerprint density at radius 1 is 1.29 bits per heavy atom. The molecule has 0 fully saturated rings. The first kappa shape index (κ1) is 10.2. The van der Waals surface area contributed by atoms with E-state index in [1.54, 1.807) is 28.4 Å². The average Bonchev–Trinajstić information content (AvgIpc) is 2.91. The van der Waals surface area contributed by atoms with Gasteiger partial charge in [0.25, 0.3) is 0 Å². The van der Waals surface area contributed by atoms with Crippen LogP contribution in [0.3, 0.4) is 0 Å². The van der Waals surface area contributed by atoms with Crippen LogP contribution in [0.25, 0.3) is 16.1 Å². The third-order valence-corrected chi connectivity index (χ3v) is 3.64. The van der Waals surface area contributed by atoms with Crippen molar-refractivity contribution < 1.29 is 0 Å². The van der Waals surface area contributed by atoms with Gasteiger partial charge < -0.3 is 5.73 Å². The van der Waals surface area contributed by atoms with E-state index in [0.29, 0.717) is 0 Å². The minimum atomic E-state index is 0.721. The van der Waals surface area contributed by atoms with Gasteiger partial charge in [-0.15, -0.1) is 11.3 Å². The van der Waals surface area contributed by atoms with Gasteiger partial charge >= 0.3 is 0 Å². The van der Waals surface area contributed by atoms with E-state index in [4.69, 9.17) is 5.73 Å². The number of aryl methyl sites for hydroxylation is 1. The zero-order valence-electron chi connectivity index (χ0n) is 9.51. The number of rotatable bonds is 1. The summed E-state index contributed by atoms with van der Waals surface area (Å²) >= 11 is 1.61. The van der Waals surface area contributed by atoms with Crippen LogP contribution in [-0.4, -0.2) is 19.6 Å². The molecule has 0 aliphatic carbocycles. The van der Waals surface area contributed by atoms with Crippen LogP contribution >= 0.6 is 11.3 Å². The predicted molar refractivity (Wildman–Crippen MR) is 68.0 cm³/mol. The van der Waals surface area contributed by atoms with E-state index in [2.05, 4.69) is 15.1 Å². The second-order valence-electron chi connectivity index (χ2n) is 3.85. The molecule has 0 unspecified atom stereocenters. The molecule has 0 spiro atoms. The van der Waals surface area contributed by atoms with Crippen molar-refractivity contribution in [1.29, 1.82) is 0 Å². The Hall–Kier alpha value is -1.95. The van der Waals surface area contributed by atoms with Crippen molar-refractivity contribution >= 4 is 22.5 Å². The normalized spacial score (nSPS) is 11.2. The molecule has 2 N–H and O–H groups in total. The highest BCUT2D eigenvalue weighted by Crippen LogP contribution is 2.30.